The van der Waals surface area contributed by atoms with Crippen LogP contribution in [0.15, 0.2) is 15.9 Å². The minimum absolute atomic E-state index is 0.106. The van der Waals surface area contributed by atoms with Gasteiger partial charge < -0.3 is 9.67 Å². The van der Waals surface area contributed by atoms with Crippen molar-refractivity contribution in [1.29, 1.82) is 0 Å². The quantitative estimate of drug-likeness (QED) is 0.745. The van der Waals surface area contributed by atoms with E-state index >= 15 is 0 Å². The average Bonchev–Trinajstić information content (AvgIpc) is 2.77. The molecule has 8 heteroatoms. The van der Waals surface area contributed by atoms with Gasteiger partial charge in [0.1, 0.15) is 6.04 Å². The summed E-state index contributed by atoms with van der Waals surface area (Å²) in [6.07, 6.45) is 1.25. The number of aryl methyl sites for hydroxylation is 1. The predicted molar refractivity (Wildman–Crippen MR) is 62.6 cm³/mol. The molecular weight excluding hydrogens is 240 g/mol. The van der Waals surface area contributed by atoms with Crippen molar-refractivity contribution >= 4 is 17.1 Å². The Hall–Kier alpha value is -2.38. The van der Waals surface area contributed by atoms with E-state index in [0.717, 1.165) is 4.57 Å². The molecule has 1 N–H and O–H groups in total. The van der Waals surface area contributed by atoms with Crippen LogP contribution in [0.5, 0.6) is 0 Å². The molecule has 2 rings (SSSR count). The summed E-state index contributed by atoms with van der Waals surface area (Å²) in [5.74, 6) is -1.08. The molecular formula is C10H12N4O4. The van der Waals surface area contributed by atoms with Crippen molar-refractivity contribution < 1.29 is 9.90 Å². The van der Waals surface area contributed by atoms with E-state index in [0.29, 0.717) is 0 Å². The van der Waals surface area contributed by atoms with Gasteiger partial charge in [-0.25, -0.2) is 14.6 Å². The zero-order chi connectivity index (χ0) is 13.6. The molecule has 8 nitrogen and oxygen atoms in total. The number of carboxylic acids is 1. The van der Waals surface area contributed by atoms with Crippen LogP contribution in [0.25, 0.3) is 11.2 Å². The van der Waals surface area contributed by atoms with Gasteiger partial charge in [-0.15, -0.1) is 0 Å². The van der Waals surface area contributed by atoms with Crippen molar-refractivity contribution in [3.63, 3.8) is 0 Å². The number of hydrogen-bond donors (Lipinski definition) is 1. The number of imidazole rings is 1. The van der Waals surface area contributed by atoms with Crippen molar-refractivity contribution in [2.24, 2.45) is 14.1 Å². The molecule has 96 valence electrons. The smallest absolute Gasteiger partial charge is 0.332 e. The summed E-state index contributed by atoms with van der Waals surface area (Å²) in [6.45, 7) is 1.44. The molecule has 2 heterocycles. The Morgan fingerprint density at radius 1 is 1.33 bits per heavy atom. The molecule has 0 amide bonds. The van der Waals surface area contributed by atoms with Gasteiger partial charge in [0.2, 0.25) is 0 Å². The number of rotatable bonds is 2. The van der Waals surface area contributed by atoms with E-state index < -0.39 is 23.3 Å². The summed E-state index contributed by atoms with van der Waals surface area (Å²) >= 11 is 0. The van der Waals surface area contributed by atoms with Crippen LogP contribution in [0.2, 0.25) is 0 Å². The molecule has 0 spiro atoms. The molecule has 0 unspecified atom stereocenters. The van der Waals surface area contributed by atoms with Gasteiger partial charge in [-0.3, -0.25) is 13.9 Å². The van der Waals surface area contributed by atoms with E-state index in [-0.39, 0.29) is 11.2 Å². The molecule has 2 aromatic rings. The highest BCUT2D eigenvalue weighted by Gasteiger charge is 2.20. The van der Waals surface area contributed by atoms with Crippen LogP contribution < -0.4 is 11.2 Å². The number of hydrogen-bond acceptors (Lipinski definition) is 4. The molecule has 0 aromatic carbocycles. The summed E-state index contributed by atoms with van der Waals surface area (Å²) in [6, 6.07) is -0.930. The monoisotopic (exact) mass is 252 g/mol. The Labute approximate surface area is 101 Å². The minimum atomic E-state index is -1.08. The van der Waals surface area contributed by atoms with Gasteiger partial charge in [0, 0.05) is 14.1 Å². The highest BCUT2D eigenvalue weighted by Crippen LogP contribution is 2.12. The zero-order valence-electron chi connectivity index (χ0n) is 10.1. The van der Waals surface area contributed by atoms with Crippen LogP contribution in [0.4, 0.5) is 0 Å². The SMILES string of the molecule is C[C@H](C(=O)O)n1cnc2c1c(=O)n(C)c(=O)n2C. The number of nitrogens with zero attached hydrogens (tertiary/aromatic N) is 4. The molecule has 0 aliphatic heterocycles. The van der Waals surface area contributed by atoms with Gasteiger partial charge in [-0.05, 0) is 6.92 Å². The Morgan fingerprint density at radius 3 is 2.50 bits per heavy atom. The average molecular weight is 252 g/mol. The lowest BCUT2D eigenvalue weighted by Crippen LogP contribution is -2.38. The third kappa shape index (κ3) is 1.45. The molecule has 1 atom stereocenters. The summed E-state index contributed by atoms with van der Waals surface area (Å²) in [5, 5.41) is 8.97. The fourth-order valence-electron chi connectivity index (χ4n) is 1.78. The maximum atomic E-state index is 12.0. The molecule has 0 radical (unpaired) electrons. The van der Waals surface area contributed by atoms with Crippen molar-refractivity contribution in [2.75, 3.05) is 0 Å². The lowest BCUT2D eigenvalue weighted by molar-refractivity contribution is -0.140. The molecule has 2 aromatic heterocycles. The van der Waals surface area contributed by atoms with Gasteiger partial charge in [0.15, 0.2) is 11.2 Å². The fourth-order valence-corrected chi connectivity index (χ4v) is 1.78. The maximum Gasteiger partial charge on any atom is 0.332 e. The molecule has 0 fully saturated rings. The number of aliphatic carboxylic acids is 1. The Morgan fingerprint density at radius 2 is 1.94 bits per heavy atom. The van der Waals surface area contributed by atoms with Crippen LogP contribution in [0.1, 0.15) is 13.0 Å². The van der Waals surface area contributed by atoms with Gasteiger partial charge in [-0.1, -0.05) is 0 Å². The van der Waals surface area contributed by atoms with E-state index in [1.54, 1.807) is 0 Å². The zero-order valence-corrected chi connectivity index (χ0v) is 10.1. The van der Waals surface area contributed by atoms with Crippen LogP contribution in [0, 0.1) is 0 Å². The van der Waals surface area contributed by atoms with Gasteiger partial charge in [0.25, 0.3) is 5.56 Å². The Balaban J connectivity index is 2.95. The number of carboxylic acid groups (broad SMARTS) is 1. The summed E-state index contributed by atoms with van der Waals surface area (Å²) in [7, 11) is 2.82. The predicted octanol–water partition coefficient (Wildman–Crippen LogP) is -0.921. The topological polar surface area (TPSA) is 99.1 Å². The van der Waals surface area contributed by atoms with E-state index in [4.69, 9.17) is 5.11 Å². The Bertz CT molecular complexity index is 752. The molecule has 0 bridgehead atoms. The molecule has 0 saturated carbocycles. The van der Waals surface area contributed by atoms with Crippen molar-refractivity contribution in [2.45, 2.75) is 13.0 Å². The van der Waals surface area contributed by atoms with E-state index in [1.165, 1.54) is 36.5 Å². The standard InChI is InChI=1S/C10H12N4O4/c1-5(9(16)17)14-4-11-7-6(14)8(15)13(3)10(18)12(7)2/h4-5H,1-3H3,(H,16,17)/t5-/m1/s1. The third-order valence-electron chi connectivity index (χ3n) is 2.95. The Kier molecular flexibility index (Phi) is 2.57. The second kappa shape index (κ2) is 3.83. The first-order valence-corrected chi connectivity index (χ1v) is 5.21. The fraction of sp³-hybridized carbons (Fsp3) is 0.400. The second-order valence-electron chi connectivity index (χ2n) is 4.04. The minimum Gasteiger partial charge on any atom is -0.480 e. The van der Waals surface area contributed by atoms with E-state index in [2.05, 4.69) is 4.98 Å². The first kappa shape index (κ1) is 12.1. The second-order valence-corrected chi connectivity index (χ2v) is 4.04. The first-order valence-electron chi connectivity index (χ1n) is 5.21. The molecule has 0 aliphatic rings. The normalized spacial score (nSPS) is 12.8. The van der Waals surface area contributed by atoms with E-state index in [1.807, 2.05) is 0 Å². The summed E-state index contributed by atoms with van der Waals surface area (Å²) < 4.78 is 3.39. The van der Waals surface area contributed by atoms with Crippen molar-refractivity contribution in [3.8, 4) is 0 Å². The highest BCUT2D eigenvalue weighted by atomic mass is 16.4. The van der Waals surface area contributed by atoms with Crippen LogP contribution in [-0.2, 0) is 18.9 Å². The lowest BCUT2D eigenvalue weighted by atomic mass is 10.3. The van der Waals surface area contributed by atoms with Crippen LogP contribution >= 0.6 is 0 Å². The highest BCUT2D eigenvalue weighted by molar-refractivity contribution is 5.76. The first-order chi connectivity index (χ1) is 8.36. The maximum absolute atomic E-state index is 12.0. The van der Waals surface area contributed by atoms with Crippen LogP contribution in [-0.4, -0.2) is 29.8 Å². The largest absolute Gasteiger partial charge is 0.480 e. The van der Waals surface area contributed by atoms with Gasteiger partial charge >= 0.3 is 11.7 Å². The summed E-state index contributed by atoms with van der Waals surface area (Å²) in [5.41, 5.74) is -0.773. The number of aromatic nitrogens is 4. The van der Waals surface area contributed by atoms with Crippen molar-refractivity contribution in [1.82, 2.24) is 18.7 Å². The van der Waals surface area contributed by atoms with Crippen molar-refractivity contribution in [3.05, 3.63) is 27.2 Å². The lowest BCUT2D eigenvalue weighted by Gasteiger charge is -2.09. The van der Waals surface area contributed by atoms with E-state index in [9.17, 15) is 14.4 Å². The van der Waals surface area contributed by atoms with Gasteiger partial charge in [0.05, 0.1) is 6.33 Å². The summed E-state index contributed by atoms with van der Waals surface area (Å²) in [4.78, 5) is 38.6. The molecule has 18 heavy (non-hydrogen) atoms. The van der Waals surface area contributed by atoms with Crippen LogP contribution in [0.3, 0.4) is 0 Å². The third-order valence-corrected chi connectivity index (χ3v) is 2.95. The molecule has 0 aliphatic carbocycles. The molecule has 0 saturated heterocycles. The number of carbonyl (C=O) groups is 1. The van der Waals surface area contributed by atoms with Gasteiger partial charge in [-0.2, -0.15) is 0 Å². The number of fused-ring (bicyclic) bond motifs is 1.